The molecule has 0 saturated heterocycles. The smallest absolute Gasteiger partial charge is 0.318 e. The van der Waals surface area contributed by atoms with Crippen molar-refractivity contribution in [3.63, 3.8) is 0 Å². The normalized spacial score (nSPS) is 15.0. The van der Waals surface area contributed by atoms with Crippen molar-refractivity contribution in [2.75, 3.05) is 18.4 Å². The van der Waals surface area contributed by atoms with E-state index in [0.29, 0.717) is 11.7 Å². The van der Waals surface area contributed by atoms with Crippen LogP contribution in [0.15, 0.2) is 18.0 Å². The minimum atomic E-state index is -0.250. The third kappa shape index (κ3) is 5.67. The van der Waals surface area contributed by atoms with Gasteiger partial charge in [-0.05, 0) is 19.8 Å². The largest absolute Gasteiger partial charge is 0.335 e. The predicted molar refractivity (Wildman–Crippen MR) is 92.7 cm³/mol. The zero-order valence-electron chi connectivity index (χ0n) is 13.5. The summed E-state index contributed by atoms with van der Waals surface area (Å²) in [5, 5.41) is 8.17. The number of aromatic nitrogens is 1. The molecule has 1 saturated carbocycles. The van der Waals surface area contributed by atoms with E-state index in [4.69, 9.17) is 0 Å². The lowest BCUT2D eigenvalue weighted by molar-refractivity contribution is -0.116. The van der Waals surface area contributed by atoms with Gasteiger partial charge in [-0.15, -0.1) is 17.9 Å². The SMILES string of the molecule is C=CCN(CC(=O)Nc1nc(C)cs1)C(=O)NC1CCCCC1. The number of urea groups is 1. The number of hydrogen-bond donors (Lipinski definition) is 2. The number of anilines is 1. The molecule has 1 aliphatic carbocycles. The molecule has 0 aliphatic heterocycles. The van der Waals surface area contributed by atoms with Crippen molar-refractivity contribution in [2.24, 2.45) is 0 Å². The summed E-state index contributed by atoms with van der Waals surface area (Å²) in [5.41, 5.74) is 0.864. The molecule has 6 nitrogen and oxygen atoms in total. The van der Waals surface area contributed by atoms with E-state index in [0.717, 1.165) is 31.4 Å². The van der Waals surface area contributed by atoms with Gasteiger partial charge in [0.15, 0.2) is 5.13 Å². The Bertz CT molecular complexity index is 552. The molecule has 0 atom stereocenters. The summed E-state index contributed by atoms with van der Waals surface area (Å²) in [6.07, 6.45) is 7.18. The summed E-state index contributed by atoms with van der Waals surface area (Å²) in [5.74, 6) is -0.250. The second kappa shape index (κ2) is 8.67. The zero-order valence-corrected chi connectivity index (χ0v) is 14.3. The highest BCUT2D eigenvalue weighted by Gasteiger charge is 2.21. The molecule has 1 fully saturated rings. The second-order valence-electron chi connectivity index (χ2n) is 5.80. The fourth-order valence-corrected chi connectivity index (χ4v) is 3.34. The maximum absolute atomic E-state index is 12.4. The molecule has 1 aliphatic rings. The van der Waals surface area contributed by atoms with Gasteiger partial charge in [-0.25, -0.2) is 9.78 Å². The number of thiazole rings is 1. The van der Waals surface area contributed by atoms with Crippen molar-refractivity contribution in [3.8, 4) is 0 Å². The highest BCUT2D eigenvalue weighted by Crippen LogP contribution is 2.18. The lowest BCUT2D eigenvalue weighted by atomic mass is 9.96. The van der Waals surface area contributed by atoms with Crippen LogP contribution in [0.4, 0.5) is 9.93 Å². The second-order valence-corrected chi connectivity index (χ2v) is 6.65. The molecule has 0 bridgehead atoms. The van der Waals surface area contributed by atoms with Gasteiger partial charge in [0.1, 0.15) is 6.54 Å². The van der Waals surface area contributed by atoms with Gasteiger partial charge in [0.25, 0.3) is 0 Å². The summed E-state index contributed by atoms with van der Waals surface area (Å²) in [6, 6.07) is 0.00973. The van der Waals surface area contributed by atoms with Crippen LogP contribution in [0.25, 0.3) is 0 Å². The van der Waals surface area contributed by atoms with E-state index >= 15 is 0 Å². The molecule has 1 aromatic heterocycles. The van der Waals surface area contributed by atoms with Crippen molar-refractivity contribution in [2.45, 2.75) is 45.1 Å². The van der Waals surface area contributed by atoms with E-state index in [1.165, 1.54) is 22.7 Å². The van der Waals surface area contributed by atoms with Crippen molar-refractivity contribution in [3.05, 3.63) is 23.7 Å². The first-order valence-electron chi connectivity index (χ1n) is 7.97. The topological polar surface area (TPSA) is 74.3 Å². The third-order valence-corrected chi connectivity index (χ3v) is 4.64. The Balaban J connectivity index is 1.87. The van der Waals surface area contributed by atoms with Crippen LogP contribution in [0, 0.1) is 6.92 Å². The van der Waals surface area contributed by atoms with Gasteiger partial charge in [-0.3, -0.25) is 4.79 Å². The summed E-state index contributed by atoms with van der Waals surface area (Å²) in [4.78, 5) is 30.1. The maximum atomic E-state index is 12.4. The number of carbonyl (C=O) groups is 2. The first-order valence-corrected chi connectivity index (χ1v) is 8.84. The zero-order chi connectivity index (χ0) is 16.7. The average Bonchev–Trinajstić information content (AvgIpc) is 2.92. The molecule has 0 aromatic carbocycles. The molecule has 1 aromatic rings. The molecule has 0 unspecified atom stereocenters. The summed E-state index contributed by atoms with van der Waals surface area (Å²) >= 11 is 1.37. The molecule has 2 N–H and O–H groups in total. The highest BCUT2D eigenvalue weighted by molar-refractivity contribution is 7.13. The van der Waals surface area contributed by atoms with Gasteiger partial charge in [0.05, 0.1) is 5.69 Å². The van der Waals surface area contributed by atoms with Gasteiger partial charge in [0, 0.05) is 18.0 Å². The van der Waals surface area contributed by atoms with Crippen molar-refractivity contribution in [1.82, 2.24) is 15.2 Å². The van der Waals surface area contributed by atoms with Gasteiger partial charge in [-0.2, -0.15) is 0 Å². The Morgan fingerprint density at radius 1 is 1.43 bits per heavy atom. The monoisotopic (exact) mass is 336 g/mol. The quantitative estimate of drug-likeness (QED) is 0.784. The number of rotatable bonds is 6. The van der Waals surface area contributed by atoms with Crippen LogP contribution in [-0.4, -0.2) is 41.0 Å². The standard InChI is InChI=1S/C16H24N4O2S/c1-3-9-20(16(22)18-13-7-5-4-6-8-13)10-14(21)19-15-17-12(2)11-23-15/h3,11,13H,1,4-10H2,2H3,(H,18,22)(H,17,19,21). The highest BCUT2D eigenvalue weighted by atomic mass is 32.1. The van der Waals surface area contributed by atoms with E-state index in [2.05, 4.69) is 22.2 Å². The fraction of sp³-hybridized carbons (Fsp3) is 0.562. The molecular formula is C16H24N4O2S. The van der Waals surface area contributed by atoms with Crippen LogP contribution in [-0.2, 0) is 4.79 Å². The van der Waals surface area contributed by atoms with Gasteiger partial charge in [-0.1, -0.05) is 25.3 Å². The molecular weight excluding hydrogens is 312 g/mol. The Hall–Kier alpha value is -1.89. The van der Waals surface area contributed by atoms with Crippen LogP contribution in [0.5, 0.6) is 0 Å². The van der Waals surface area contributed by atoms with E-state index in [1.807, 2.05) is 12.3 Å². The van der Waals surface area contributed by atoms with Crippen molar-refractivity contribution >= 4 is 28.4 Å². The maximum Gasteiger partial charge on any atom is 0.318 e. The first kappa shape index (κ1) is 17.5. The number of carbonyl (C=O) groups excluding carboxylic acids is 2. The Labute approximate surface area is 141 Å². The van der Waals surface area contributed by atoms with Gasteiger partial charge >= 0.3 is 6.03 Å². The molecule has 23 heavy (non-hydrogen) atoms. The van der Waals surface area contributed by atoms with Crippen LogP contribution in [0.2, 0.25) is 0 Å². The Morgan fingerprint density at radius 3 is 2.78 bits per heavy atom. The van der Waals surface area contributed by atoms with Gasteiger partial charge in [0.2, 0.25) is 5.91 Å². The number of nitrogens with one attached hydrogen (secondary N) is 2. The molecule has 3 amide bonds. The van der Waals surface area contributed by atoms with Gasteiger partial charge < -0.3 is 15.5 Å². The van der Waals surface area contributed by atoms with Crippen LogP contribution in [0.1, 0.15) is 37.8 Å². The Morgan fingerprint density at radius 2 is 2.17 bits per heavy atom. The molecule has 126 valence electrons. The summed E-state index contributed by atoms with van der Waals surface area (Å²) in [7, 11) is 0. The summed E-state index contributed by atoms with van der Waals surface area (Å²) in [6.45, 7) is 5.85. The van der Waals surface area contributed by atoms with E-state index in [1.54, 1.807) is 6.08 Å². The average molecular weight is 336 g/mol. The lowest BCUT2D eigenvalue weighted by Crippen LogP contribution is -2.48. The van der Waals surface area contributed by atoms with E-state index in [-0.39, 0.29) is 24.5 Å². The van der Waals surface area contributed by atoms with Crippen molar-refractivity contribution in [1.29, 1.82) is 0 Å². The number of amides is 3. The number of nitrogens with zero attached hydrogens (tertiary/aromatic N) is 2. The first-order chi connectivity index (χ1) is 11.1. The van der Waals surface area contributed by atoms with E-state index in [9.17, 15) is 9.59 Å². The third-order valence-electron chi connectivity index (χ3n) is 3.77. The molecule has 1 heterocycles. The summed E-state index contributed by atoms with van der Waals surface area (Å²) < 4.78 is 0. The molecule has 7 heteroatoms. The number of aryl methyl sites for hydroxylation is 1. The van der Waals surface area contributed by atoms with Crippen LogP contribution >= 0.6 is 11.3 Å². The van der Waals surface area contributed by atoms with Crippen molar-refractivity contribution < 1.29 is 9.59 Å². The lowest BCUT2D eigenvalue weighted by Gasteiger charge is -2.27. The van der Waals surface area contributed by atoms with E-state index < -0.39 is 0 Å². The number of hydrogen-bond acceptors (Lipinski definition) is 4. The predicted octanol–water partition coefficient (Wildman–Crippen LogP) is 2.92. The molecule has 2 rings (SSSR count). The Kier molecular flexibility index (Phi) is 6.58. The minimum absolute atomic E-state index is 0.0107. The minimum Gasteiger partial charge on any atom is -0.335 e. The molecule has 0 spiro atoms. The van der Waals surface area contributed by atoms with Crippen LogP contribution in [0.3, 0.4) is 0 Å². The fourth-order valence-electron chi connectivity index (χ4n) is 2.63. The molecule has 0 radical (unpaired) electrons. The van der Waals surface area contributed by atoms with Crippen LogP contribution < -0.4 is 10.6 Å².